The first kappa shape index (κ1) is 14.4. The van der Waals surface area contributed by atoms with E-state index in [2.05, 4.69) is 48.1 Å². The van der Waals surface area contributed by atoms with Gasteiger partial charge in [0.05, 0.1) is 0 Å². The summed E-state index contributed by atoms with van der Waals surface area (Å²) < 4.78 is 0. The molecule has 3 rings (SSSR count). The van der Waals surface area contributed by atoms with Crippen molar-refractivity contribution in [3.8, 4) is 0 Å². The van der Waals surface area contributed by atoms with Gasteiger partial charge in [0.2, 0.25) is 5.91 Å². The molecule has 1 N–H and O–H groups in total. The van der Waals surface area contributed by atoms with Crippen LogP contribution in [0.25, 0.3) is 0 Å². The number of hydrogen-bond donors (Lipinski definition) is 1. The van der Waals surface area contributed by atoms with Gasteiger partial charge in [-0.2, -0.15) is 0 Å². The lowest BCUT2D eigenvalue weighted by Crippen LogP contribution is -2.44. The number of nitrogens with one attached hydrogen (secondary N) is 1. The maximum absolute atomic E-state index is 12.0. The number of carbonyl (C=O) groups excluding carboxylic acids is 1. The smallest absolute Gasteiger partial charge is 0.227 e. The molecule has 114 valence electrons. The summed E-state index contributed by atoms with van der Waals surface area (Å²) in [6.07, 6.45) is 1.03. The number of hydrogen-bond acceptors (Lipinski definition) is 3. The van der Waals surface area contributed by atoms with Crippen LogP contribution in [0.15, 0.2) is 18.2 Å². The Morgan fingerprint density at radius 2 is 1.90 bits per heavy atom. The number of aryl methyl sites for hydroxylation is 1. The van der Waals surface area contributed by atoms with Crippen LogP contribution in [-0.2, 0) is 4.79 Å². The highest BCUT2D eigenvalue weighted by Crippen LogP contribution is 2.38. The second kappa shape index (κ2) is 5.68. The third kappa shape index (κ3) is 3.21. The summed E-state index contributed by atoms with van der Waals surface area (Å²) >= 11 is 0. The second-order valence-corrected chi connectivity index (χ2v) is 6.60. The van der Waals surface area contributed by atoms with E-state index >= 15 is 0 Å². The van der Waals surface area contributed by atoms with Crippen molar-refractivity contribution in [2.24, 2.45) is 11.8 Å². The molecule has 21 heavy (non-hydrogen) atoms. The summed E-state index contributed by atoms with van der Waals surface area (Å²) in [5.41, 5.74) is 3.36. The first-order valence-electron chi connectivity index (χ1n) is 7.89. The van der Waals surface area contributed by atoms with E-state index in [9.17, 15) is 4.79 Å². The Kier molecular flexibility index (Phi) is 3.89. The average molecular weight is 287 g/mol. The van der Waals surface area contributed by atoms with Gasteiger partial charge in [-0.05, 0) is 50.1 Å². The third-order valence-corrected chi connectivity index (χ3v) is 4.78. The van der Waals surface area contributed by atoms with Gasteiger partial charge in [0.15, 0.2) is 0 Å². The molecule has 1 heterocycles. The predicted molar refractivity (Wildman–Crippen MR) is 86.8 cm³/mol. The van der Waals surface area contributed by atoms with E-state index in [1.807, 2.05) is 6.07 Å². The fraction of sp³-hybridized carbons (Fsp3) is 0.588. The lowest BCUT2D eigenvalue weighted by Gasteiger charge is -2.34. The minimum absolute atomic E-state index is 0.179. The summed E-state index contributed by atoms with van der Waals surface area (Å²) in [5, 5.41) is 3.07. The molecule has 4 heteroatoms. The Balaban J connectivity index is 1.66. The summed E-state index contributed by atoms with van der Waals surface area (Å²) in [4.78, 5) is 16.8. The number of piperazine rings is 1. The lowest BCUT2D eigenvalue weighted by molar-refractivity contribution is -0.117. The van der Waals surface area contributed by atoms with Crippen LogP contribution >= 0.6 is 0 Å². The molecular formula is C17H25N3O. The summed E-state index contributed by atoms with van der Waals surface area (Å²) in [5.74, 6) is 0.953. The molecule has 1 saturated carbocycles. The summed E-state index contributed by atoms with van der Waals surface area (Å²) in [6, 6.07) is 6.37. The Bertz CT molecular complexity index is 535. The molecule has 1 aromatic carbocycles. The molecule has 1 amide bonds. The highest BCUT2D eigenvalue weighted by molar-refractivity contribution is 5.95. The van der Waals surface area contributed by atoms with E-state index in [0.29, 0.717) is 5.92 Å². The lowest BCUT2D eigenvalue weighted by atomic mass is 10.1. The average Bonchev–Trinajstić information content (AvgIpc) is 3.19. The molecule has 0 aromatic heterocycles. The van der Waals surface area contributed by atoms with Gasteiger partial charge in [0, 0.05) is 43.5 Å². The van der Waals surface area contributed by atoms with Crippen LogP contribution in [0.5, 0.6) is 0 Å². The first-order chi connectivity index (χ1) is 10.0. The molecule has 1 saturated heterocycles. The van der Waals surface area contributed by atoms with Gasteiger partial charge in [0.1, 0.15) is 0 Å². The van der Waals surface area contributed by atoms with Crippen molar-refractivity contribution < 1.29 is 4.79 Å². The van der Waals surface area contributed by atoms with Gasteiger partial charge in [-0.1, -0.05) is 6.92 Å². The number of amides is 1. The Morgan fingerprint density at radius 3 is 2.48 bits per heavy atom. The van der Waals surface area contributed by atoms with Gasteiger partial charge < -0.3 is 15.1 Å². The number of likely N-dealkylation sites (N-methyl/N-ethyl adjacent to an activating group) is 1. The Hall–Kier alpha value is -1.55. The van der Waals surface area contributed by atoms with E-state index < -0.39 is 0 Å². The number of benzene rings is 1. The highest BCUT2D eigenvalue weighted by atomic mass is 16.2. The number of carbonyl (C=O) groups is 1. The van der Waals surface area contributed by atoms with Crippen LogP contribution in [0.4, 0.5) is 11.4 Å². The summed E-state index contributed by atoms with van der Waals surface area (Å²) in [7, 11) is 2.17. The van der Waals surface area contributed by atoms with Gasteiger partial charge in [-0.25, -0.2) is 0 Å². The molecular weight excluding hydrogens is 262 g/mol. The summed E-state index contributed by atoms with van der Waals surface area (Å²) in [6.45, 7) is 8.57. The Morgan fingerprint density at radius 1 is 1.24 bits per heavy atom. The van der Waals surface area contributed by atoms with Crippen molar-refractivity contribution in [1.82, 2.24) is 4.90 Å². The van der Waals surface area contributed by atoms with Crippen molar-refractivity contribution in [2.45, 2.75) is 20.3 Å². The van der Waals surface area contributed by atoms with Crippen molar-refractivity contribution in [3.63, 3.8) is 0 Å². The van der Waals surface area contributed by atoms with Gasteiger partial charge in [-0.3, -0.25) is 4.79 Å². The van der Waals surface area contributed by atoms with Gasteiger partial charge in [-0.15, -0.1) is 0 Å². The second-order valence-electron chi connectivity index (χ2n) is 6.60. The molecule has 1 aliphatic heterocycles. The largest absolute Gasteiger partial charge is 0.369 e. The van der Waals surface area contributed by atoms with Crippen LogP contribution < -0.4 is 10.2 Å². The van der Waals surface area contributed by atoms with Crippen LogP contribution in [-0.4, -0.2) is 44.0 Å². The van der Waals surface area contributed by atoms with E-state index in [-0.39, 0.29) is 11.8 Å². The fourth-order valence-electron chi connectivity index (χ4n) is 2.96. The zero-order chi connectivity index (χ0) is 15.0. The third-order valence-electron chi connectivity index (χ3n) is 4.78. The quantitative estimate of drug-likeness (QED) is 0.927. The standard InChI is InChI=1S/C17H25N3O/c1-12-11-15(12)17(21)18-16-5-4-14(10-13(16)2)20-8-6-19(3)7-9-20/h4-5,10,12,15H,6-9,11H2,1-3H3,(H,18,21)/t12-,15-/m0/s1. The zero-order valence-electron chi connectivity index (χ0n) is 13.2. The van der Waals surface area contributed by atoms with E-state index in [1.54, 1.807) is 0 Å². The zero-order valence-corrected chi connectivity index (χ0v) is 13.2. The normalized spacial score (nSPS) is 25.8. The molecule has 1 aliphatic carbocycles. The Labute approximate surface area is 127 Å². The molecule has 2 fully saturated rings. The van der Waals surface area contributed by atoms with E-state index in [1.165, 1.54) is 5.69 Å². The van der Waals surface area contributed by atoms with Crippen LogP contribution in [0, 0.1) is 18.8 Å². The van der Waals surface area contributed by atoms with Crippen molar-refractivity contribution >= 4 is 17.3 Å². The minimum atomic E-state index is 0.179. The first-order valence-corrected chi connectivity index (χ1v) is 7.89. The van der Waals surface area contributed by atoms with E-state index in [0.717, 1.165) is 43.9 Å². The van der Waals surface area contributed by atoms with Crippen molar-refractivity contribution in [2.75, 3.05) is 43.4 Å². The number of nitrogens with zero attached hydrogens (tertiary/aromatic N) is 2. The highest BCUT2D eigenvalue weighted by Gasteiger charge is 2.39. The molecule has 4 nitrogen and oxygen atoms in total. The molecule has 1 aromatic rings. The number of anilines is 2. The molecule has 2 atom stereocenters. The van der Waals surface area contributed by atoms with Crippen LogP contribution in [0.1, 0.15) is 18.9 Å². The monoisotopic (exact) mass is 287 g/mol. The topological polar surface area (TPSA) is 35.6 Å². The molecule has 0 unspecified atom stereocenters. The SMILES string of the molecule is Cc1cc(N2CCN(C)CC2)ccc1NC(=O)[C@H]1C[C@@H]1C. The maximum Gasteiger partial charge on any atom is 0.227 e. The van der Waals surface area contributed by atoms with Crippen LogP contribution in [0.2, 0.25) is 0 Å². The fourth-order valence-corrected chi connectivity index (χ4v) is 2.96. The minimum Gasteiger partial charge on any atom is -0.369 e. The molecule has 2 aliphatic rings. The predicted octanol–water partition coefficient (Wildman–Crippen LogP) is 2.34. The van der Waals surface area contributed by atoms with Gasteiger partial charge in [0.25, 0.3) is 0 Å². The number of rotatable bonds is 3. The molecule has 0 spiro atoms. The van der Waals surface area contributed by atoms with Gasteiger partial charge >= 0.3 is 0 Å². The molecule has 0 radical (unpaired) electrons. The molecule has 0 bridgehead atoms. The maximum atomic E-state index is 12.0. The van der Waals surface area contributed by atoms with Crippen molar-refractivity contribution in [1.29, 1.82) is 0 Å². The van der Waals surface area contributed by atoms with E-state index in [4.69, 9.17) is 0 Å². The van der Waals surface area contributed by atoms with Crippen LogP contribution in [0.3, 0.4) is 0 Å². The van der Waals surface area contributed by atoms with Crippen molar-refractivity contribution in [3.05, 3.63) is 23.8 Å².